The normalized spacial score (nSPS) is 10.4. The van der Waals surface area contributed by atoms with E-state index in [0.29, 0.717) is 10.6 Å². The van der Waals surface area contributed by atoms with Crippen LogP contribution in [0.2, 0.25) is 5.02 Å². The summed E-state index contributed by atoms with van der Waals surface area (Å²) in [5, 5.41) is 0.583. The van der Waals surface area contributed by atoms with Crippen molar-refractivity contribution in [3.63, 3.8) is 0 Å². The van der Waals surface area contributed by atoms with Crippen molar-refractivity contribution in [1.29, 1.82) is 0 Å². The molecule has 0 aliphatic rings. The molecule has 0 fully saturated rings. The second-order valence-corrected chi connectivity index (χ2v) is 5.21. The van der Waals surface area contributed by atoms with E-state index in [0.717, 1.165) is 17.8 Å². The molecule has 0 aliphatic carbocycles. The largest absolute Gasteiger partial charge is 0.343 e. The van der Waals surface area contributed by atoms with Crippen LogP contribution in [0.25, 0.3) is 0 Å². The first kappa shape index (κ1) is 14.6. The number of rotatable bonds is 4. The van der Waals surface area contributed by atoms with Gasteiger partial charge in [-0.05, 0) is 49.2 Å². The first-order valence-corrected chi connectivity index (χ1v) is 7.04. The van der Waals surface area contributed by atoms with E-state index in [2.05, 4.69) is 31.2 Å². The van der Waals surface area contributed by atoms with Crippen molar-refractivity contribution in [3.05, 3.63) is 58.6 Å². The zero-order chi connectivity index (χ0) is 14.7. The van der Waals surface area contributed by atoms with Crippen LogP contribution in [0.5, 0.6) is 0 Å². The van der Waals surface area contributed by atoms with Crippen LogP contribution in [0, 0.1) is 0 Å². The molecule has 0 spiro atoms. The molecule has 0 saturated carbocycles. The molecule has 2 aromatic rings. The Morgan fingerprint density at radius 3 is 2.30 bits per heavy atom. The molecule has 0 N–H and O–H groups in total. The number of carbonyl (C=O) groups excluding carboxylic acids is 1. The zero-order valence-electron chi connectivity index (χ0n) is 12.0. The average Bonchev–Trinajstić information content (AvgIpc) is 2.46. The van der Waals surface area contributed by atoms with E-state index in [-0.39, 0.29) is 5.78 Å². The molecule has 0 heterocycles. The van der Waals surface area contributed by atoms with Gasteiger partial charge >= 0.3 is 0 Å². The number of halogens is 1. The lowest BCUT2D eigenvalue weighted by atomic mass is 10.1. The average molecular weight is 288 g/mol. The highest BCUT2D eigenvalue weighted by molar-refractivity contribution is 6.33. The fourth-order valence-electron chi connectivity index (χ4n) is 2.09. The van der Waals surface area contributed by atoms with E-state index in [1.54, 1.807) is 19.1 Å². The minimum Gasteiger partial charge on any atom is -0.343 e. The van der Waals surface area contributed by atoms with Crippen LogP contribution in [-0.2, 0) is 6.42 Å². The Morgan fingerprint density at radius 2 is 1.80 bits per heavy atom. The maximum atomic E-state index is 11.3. The van der Waals surface area contributed by atoms with Gasteiger partial charge in [0.15, 0.2) is 5.78 Å². The Labute approximate surface area is 125 Å². The molecule has 2 rings (SSSR count). The van der Waals surface area contributed by atoms with Gasteiger partial charge in [-0.2, -0.15) is 0 Å². The van der Waals surface area contributed by atoms with Crippen molar-refractivity contribution in [2.45, 2.75) is 20.3 Å². The molecule has 0 unspecified atom stereocenters. The van der Waals surface area contributed by atoms with E-state index >= 15 is 0 Å². The summed E-state index contributed by atoms with van der Waals surface area (Å²) in [6, 6.07) is 13.8. The number of aryl methyl sites for hydroxylation is 1. The Hall–Kier alpha value is -1.80. The van der Waals surface area contributed by atoms with Crippen LogP contribution in [0.4, 0.5) is 11.4 Å². The highest BCUT2D eigenvalue weighted by Gasteiger charge is 2.10. The lowest BCUT2D eigenvalue weighted by Gasteiger charge is -2.21. The Bertz CT molecular complexity index is 619. The summed E-state index contributed by atoms with van der Waals surface area (Å²) in [7, 11) is 1.97. The van der Waals surface area contributed by atoms with Crippen molar-refractivity contribution >= 4 is 28.8 Å². The second-order valence-electron chi connectivity index (χ2n) is 4.80. The molecule has 3 heteroatoms. The summed E-state index contributed by atoms with van der Waals surface area (Å²) in [5.74, 6) is 0.0217. The van der Waals surface area contributed by atoms with Crippen molar-refractivity contribution in [3.8, 4) is 0 Å². The lowest BCUT2D eigenvalue weighted by molar-refractivity contribution is 0.101. The maximum Gasteiger partial charge on any atom is 0.159 e. The number of carbonyl (C=O) groups is 1. The third-order valence-corrected chi connectivity index (χ3v) is 3.75. The third-order valence-electron chi connectivity index (χ3n) is 3.45. The van der Waals surface area contributed by atoms with Gasteiger partial charge in [0, 0.05) is 18.3 Å². The van der Waals surface area contributed by atoms with Crippen LogP contribution in [-0.4, -0.2) is 12.8 Å². The molecule has 0 aliphatic heterocycles. The predicted molar refractivity (Wildman–Crippen MR) is 85.3 cm³/mol. The fraction of sp³-hybridized carbons (Fsp3) is 0.235. The van der Waals surface area contributed by atoms with Gasteiger partial charge in [0.2, 0.25) is 0 Å². The van der Waals surface area contributed by atoms with Gasteiger partial charge in [-0.15, -0.1) is 0 Å². The standard InChI is InChI=1S/C17H18ClNO/c1-4-13-5-8-15(9-6-13)19(3)17-10-7-14(12(2)20)11-16(17)18/h5-11H,4H2,1-3H3. The van der Waals surface area contributed by atoms with E-state index in [4.69, 9.17) is 11.6 Å². The van der Waals surface area contributed by atoms with Gasteiger partial charge in [-0.1, -0.05) is 30.7 Å². The molecule has 0 radical (unpaired) electrons. The van der Waals surface area contributed by atoms with E-state index in [1.807, 2.05) is 18.0 Å². The van der Waals surface area contributed by atoms with Crippen molar-refractivity contribution in [2.75, 3.05) is 11.9 Å². The summed E-state index contributed by atoms with van der Waals surface area (Å²) < 4.78 is 0. The number of Topliss-reactive ketones (excluding diaryl/α,β-unsaturated/α-hetero) is 1. The van der Waals surface area contributed by atoms with Crippen molar-refractivity contribution in [2.24, 2.45) is 0 Å². The predicted octanol–water partition coefficient (Wildman–Crippen LogP) is 4.87. The minimum atomic E-state index is 0.0217. The maximum absolute atomic E-state index is 11.3. The summed E-state index contributed by atoms with van der Waals surface area (Å²) in [4.78, 5) is 13.4. The number of ketones is 1. The number of hydrogen-bond donors (Lipinski definition) is 0. The molecule has 2 nitrogen and oxygen atoms in total. The molecule has 0 aromatic heterocycles. The van der Waals surface area contributed by atoms with Crippen molar-refractivity contribution in [1.82, 2.24) is 0 Å². The topological polar surface area (TPSA) is 20.3 Å². The van der Waals surface area contributed by atoms with Gasteiger partial charge in [0.05, 0.1) is 10.7 Å². The van der Waals surface area contributed by atoms with Crippen LogP contribution < -0.4 is 4.90 Å². The van der Waals surface area contributed by atoms with Gasteiger partial charge in [-0.25, -0.2) is 0 Å². The van der Waals surface area contributed by atoms with Crippen LogP contribution in [0.15, 0.2) is 42.5 Å². The van der Waals surface area contributed by atoms with Crippen LogP contribution >= 0.6 is 11.6 Å². The summed E-state index contributed by atoms with van der Waals surface area (Å²) in [6.45, 7) is 3.68. The van der Waals surface area contributed by atoms with Gasteiger partial charge in [0.1, 0.15) is 0 Å². The monoisotopic (exact) mass is 287 g/mol. The van der Waals surface area contributed by atoms with Gasteiger partial charge in [-0.3, -0.25) is 4.79 Å². The molecule has 104 valence electrons. The summed E-state index contributed by atoms with van der Waals surface area (Å²) in [6.07, 6.45) is 1.03. The quantitative estimate of drug-likeness (QED) is 0.748. The molecule has 2 aromatic carbocycles. The molecule has 0 atom stereocenters. The van der Waals surface area contributed by atoms with E-state index < -0.39 is 0 Å². The molecular formula is C17H18ClNO. The number of hydrogen-bond acceptors (Lipinski definition) is 2. The van der Waals surface area contributed by atoms with E-state index in [1.165, 1.54) is 5.56 Å². The molecule has 0 saturated heterocycles. The van der Waals surface area contributed by atoms with Gasteiger partial charge < -0.3 is 4.90 Å². The number of nitrogens with zero attached hydrogens (tertiary/aromatic N) is 1. The van der Waals surface area contributed by atoms with Gasteiger partial charge in [0.25, 0.3) is 0 Å². The zero-order valence-corrected chi connectivity index (χ0v) is 12.7. The fourth-order valence-corrected chi connectivity index (χ4v) is 2.40. The third kappa shape index (κ3) is 3.02. The number of anilines is 2. The first-order valence-electron chi connectivity index (χ1n) is 6.66. The Kier molecular flexibility index (Phi) is 4.46. The molecule has 0 amide bonds. The summed E-state index contributed by atoms with van der Waals surface area (Å²) >= 11 is 6.28. The Balaban J connectivity index is 2.32. The summed E-state index contributed by atoms with van der Waals surface area (Å²) in [5.41, 5.74) is 3.90. The molecular weight excluding hydrogens is 270 g/mol. The highest BCUT2D eigenvalue weighted by atomic mass is 35.5. The minimum absolute atomic E-state index is 0.0217. The highest BCUT2D eigenvalue weighted by Crippen LogP contribution is 2.31. The number of benzene rings is 2. The van der Waals surface area contributed by atoms with Crippen molar-refractivity contribution < 1.29 is 4.79 Å². The molecule has 0 bridgehead atoms. The smallest absolute Gasteiger partial charge is 0.159 e. The SMILES string of the molecule is CCc1ccc(N(C)c2ccc(C(C)=O)cc2Cl)cc1. The molecule has 20 heavy (non-hydrogen) atoms. The van der Waals surface area contributed by atoms with Crippen LogP contribution in [0.3, 0.4) is 0 Å². The lowest BCUT2D eigenvalue weighted by Crippen LogP contribution is -2.10. The first-order chi connectivity index (χ1) is 9.52. The Morgan fingerprint density at radius 1 is 1.15 bits per heavy atom. The second kappa shape index (κ2) is 6.10. The van der Waals surface area contributed by atoms with E-state index in [9.17, 15) is 4.79 Å². The van der Waals surface area contributed by atoms with Crippen LogP contribution in [0.1, 0.15) is 29.8 Å².